The predicted octanol–water partition coefficient (Wildman–Crippen LogP) is 2.57. The summed E-state index contributed by atoms with van der Waals surface area (Å²) in [6.07, 6.45) is 0.934. The zero-order valence-electron chi connectivity index (χ0n) is 12.8. The number of amides is 1. The third kappa shape index (κ3) is 5.19. The SMILES string of the molecule is C=CCNC(=O)C(C)Oc1ccc(F)cc1C(C)NCC. The van der Waals surface area contributed by atoms with Gasteiger partial charge in [0.05, 0.1) is 0 Å². The van der Waals surface area contributed by atoms with Crippen LogP contribution in [0.15, 0.2) is 30.9 Å². The first-order valence-electron chi connectivity index (χ1n) is 7.07. The van der Waals surface area contributed by atoms with Gasteiger partial charge in [0.1, 0.15) is 11.6 Å². The highest BCUT2D eigenvalue weighted by molar-refractivity contribution is 5.80. The Morgan fingerprint density at radius 2 is 2.19 bits per heavy atom. The van der Waals surface area contributed by atoms with Gasteiger partial charge in [-0.25, -0.2) is 4.39 Å². The minimum Gasteiger partial charge on any atom is -0.481 e. The second kappa shape index (κ2) is 8.42. The average molecular weight is 294 g/mol. The van der Waals surface area contributed by atoms with Crippen LogP contribution in [0, 0.1) is 5.82 Å². The molecule has 0 aliphatic carbocycles. The maximum atomic E-state index is 13.4. The van der Waals surface area contributed by atoms with E-state index >= 15 is 0 Å². The minimum absolute atomic E-state index is 0.0656. The van der Waals surface area contributed by atoms with Crippen LogP contribution in [0.2, 0.25) is 0 Å². The maximum Gasteiger partial charge on any atom is 0.261 e. The van der Waals surface area contributed by atoms with Crippen LogP contribution in [-0.2, 0) is 4.79 Å². The van der Waals surface area contributed by atoms with Crippen molar-refractivity contribution in [2.45, 2.75) is 32.9 Å². The number of carbonyl (C=O) groups excluding carboxylic acids is 1. The van der Waals surface area contributed by atoms with E-state index in [1.54, 1.807) is 19.1 Å². The summed E-state index contributed by atoms with van der Waals surface area (Å²) in [5.74, 6) is -0.0572. The highest BCUT2D eigenvalue weighted by atomic mass is 19.1. The smallest absolute Gasteiger partial charge is 0.261 e. The molecule has 1 rings (SSSR count). The zero-order valence-corrected chi connectivity index (χ0v) is 12.8. The molecule has 0 saturated heterocycles. The van der Waals surface area contributed by atoms with Crippen molar-refractivity contribution in [2.24, 2.45) is 0 Å². The van der Waals surface area contributed by atoms with Gasteiger partial charge in [0.15, 0.2) is 6.10 Å². The van der Waals surface area contributed by atoms with E-state index in [4.69, 9.17) is 4.74 Å². The lowest BCUT2D eigenvalue weighted by Gasteiger charge is -2.20. The molecular formula is C16H23FN2O2. The second-order valence-corrected chi connectivity index (χ2v) is 4.76. The quantitative estimate of drug-likeness (QED) is 0.725. The average Bonchev–Trinajstić information content (AvgIpc) is 2.46. The molecule has 0 aliphatic heterocycles. The van der Waals surface area contributed by atoms with Gasteiger partial charge in [0, 0.05) is 18.2 Å². The fraction of sp³-hybridized carbons (Fsp3) is 0.438. The van der Waals surface area contributed by atoms with E-state index in [0.29, 0.717) is 17.9 Å². The van der Waals surface area contributed by atoms with Crippen molar-refractivity contribution >= 4 is 5.91 Å². The highest BCUT2D eigenvalue weighted by Gasteiger charge is 2.18. The molecule has 1 amide bonds. The number of carbonyl (C=O) groups is 1. The van der Waals surface area contributed by atoms with Crippen LogP contribution in [0.1, 0.15) is 32.4 Å². The second-order valence-electron chi connectivity index (χ2n) is 4.76. The van der Waals surface area contributed by atoms with Crippen molar-refractivity contribution in [2.75, 3.05) is 13.1 Å². The van der Waals surface area contributed by atoms with E-state index in [2.05, 4.69) is 17.2 Å². The molecule has 5 heteroatoms. The zero-order chi connectivity index (χ0) is 15.8. The van der Waals surface area contributed by atoms with Gasteiger partial charge in [-0.05, 0) is 38.6 Å². The Hall–Kier alpha value is -1.88. The van der Waals surface area contributed by atoms with E-state index in [0.717, 1.165) is 6.54 Å². The van der Waals surface area contributed by atoms with Crippen molar-refractivity contribution in [3.63, 3.8) is 0 Å². The van der Waals surface area contributed by atoms with E-state index < -0.39 is 6.10 Å². The molecule has 116 valence electrons. The topological polar surface area (TPSA) is 50.4 Å². The summed E-state index contributed by atoms with van der Waals surface area (Å²) in [7, 11) is 0. The van der Waals surface area contributed by atoms with E-state index in [9.17, 15) is 9.18 Å². The van der Waals surface area contributed by atoms with E-state index in [1.165, 1.54) is 12.1 Å². The third-order valence-electron chi connectivity index (χ3n) is 3.04. The molecule has 1 aromatic rings. The Morgan fingerprint density at radius 1 is 1.48 bits per heavy atom. The van der Waals surface area contributed by atoms with Crippen LogP contribution in [0.5, 0.6) is 5.75 Å². The first-order chi connectivity index (χ1) is 9.99. The number of nitrogens with one attached hydrogen (secondary N) is 2. The van der Waals surface area contributed by atoms with Crippen LogP contribution in [-0.4, -0.2) is 25.1 Å². The minimum atomic E-state index is -0.664. The Kier molecular flexibility index (Phi) is 6.88. The maximum absolute atomic E-state index is 13.4. The van der Waals surface area contributed by atoms with E-state index in [-0.39, 0.29) is 17.8 Å². The molecule has 4 nitrogen and oxygen atoms in total. The van der Waals surface area contributed by atoms with Gasteiger partial charge in [-0.1, -0.05) is 13.0 Å². The van der Waals surface area contributed by atoms with Crippen molar-refractivity contribution in [3.8, 4) is 5.75 Å². The summed E-state index contributed by atoms with van der Waals surface area (Å²) in [6, 6.07) is 4.24. The predicted molar refractivity (Wildman–Crippen MR) is 81.8 cm³/mol. The van der Waals surface area contributed by atoms with Crippen LogP contribution in [0.4, 0.5) is 4.39 Å². The molecule has 0 bridgehead atoms. The Bertz CT molecular complexity index is 491. The number of hydrogen-bond donors (Lipinski definition) is 2. The standard InChI is InChI=1S/C16H23FN2O2/c1-5-9-19-16(20)12(4)21-15-8-7-13(17)10-14(15)11(3)18-6-2/h5,7-8,10-12,18H,1,6,9H2,2-4H3,(H,19,20). The van der Waals surface area contributed by atoms with Crippen LogP contribution in [0.3, 0.4) is 0 Å². The summed E-state index contributed by atoms with van der Waals surface area (Å²) in [5.41, 5.74) is 0.695. The molecule has 2 N–H and O–H groups in total. The number of hydrogen-bond acceptors (Lipinski definition) is 3. The third-order valence-corrected chi connectivity index (χ3v) is 3.04. The van der Waals surface area contributed by atoms with Gasteiger partial charge >= 0.3 is 0 Å². The summed E-state index contributed by atoms with van der Waals surface area (Å²) in [4.78, 5) is 11.8. The molecule has 21 heavy (non-hydrogen) atoms. The van der Waals surface area contributed by atoms with Gasteiger partial charge in [-0.15, -0.1) is 6.58 Å². The van der Waals surface area contributed by atoms with Gasteiger partial charge in [0.25, 0.3) is 5.91 Å². The Labute approximate surface area is 125 Å². The molecule has 2 atom stereocenters. The molecule has 2 unspecified atom stereocenters. The molecule has 0 radical (unpaired) electrons. The van der Waals surface area contributed by atoms with Crippen molar-refractivity contribution < 1.29 is 13.9 Å². The van der Waals surface area contributed by atoms with Gasteiger partial charge < -0.3 is 15.4 Å². The number of benzene rings is 1. The van der Waals surface area contributed by atoms with Crippen LogP contribution >= 0.6 is 0 Å². The molecule has 0 aromatic heterocycles. The first-order valence-corrected chi connectivity index (χ1v) is 7.07. The summed E-state index contributed by atoms with van der Waals surface area (Å²) >= 11 is 0. The molecule has 0 spiro atoms. The molecule has 1 aromatic carbocycles. The highest BCUT2D eigenvalue weighted by Crippen LogP contribution is 2.27. The number of ether oxygens (including phenoxy) is 1. The van der Waals surface area contributed by atoms with Gasteiger partial charge in [-0.2, -0.15) is 0 Å². The fourth-order valence-electron chi connectivity index (χ4n) is 1.94. The van der Waals surface area contributed by atoms with Crippen molar-refractivity contribution in [1.29, 1.82) is 0 Å². The van der Waals surface area contributed by atoms with Crippen molar-refractivity contribution in [1.82, 2.24) is 10.6 Å². The monoisotopic (exact) mass is 294 g/mol. The first kappa shape index (κ1) is 17.2. The fourth-order valence-corrected chi connectivity index (χ4v) is 1.94. The normalized spacial score (nSPS) is 13.3. The largest absolute Gasteiger partial charge is 0.481 e. The van der Waals surface area contributed by atoms with Crippen LogP contribution in [0.25, 0.3) is 0 Å². The summed E-state index contributed by atoms with van der Waals surface area (Å²) in [5, 5.41) is 5.87. The Balaban J connectivity index is 2.86. The number of halogens is 1. The summed E-state index contributed by atoms with van der Waals surface area (Å²) < 4.78 is 19.1. The molecule has 0 aliphatic rings. The van der Waals surface area contributed by atoms with E-state index in [1.807, 2.05) is 13.8 Å². The van der Waals surface area contributed by atoms with Gasteiger partial charge in [-0.3, -0.25) is 4.79 Å². The van der Waals surface area contributed by atoms with Crippen LogP contribution < -0.4 is 15.4 Å². The number of rotatable bonds is 8. The van der Waals surface area contributed by atoms with Gasteiger partial charge in [0.2, 0.25) is 0 Å². The molecule has 0 fully saturated rings. The molecule has 0 saturated carbocycles. The Morgan fingerprint density at radius 3 is 2.81 bits per heavy atom. The lowest BCUT2D eigenvalue weighted by Crippen LogP contribution is -2.36. The van der Waals surface area contributed by atoms with Crippen molar-refractivity contribution in [3.05, 3.63) is 42.2 Å². The lowest BCUT2D eigenvalue weighted by molar-refractivity contribution is -0.127. The molecular weight excluding hydrogens is 271 g/mol. The summed E-state index contributed by atoms with van der Waals surface area (Å²) in [6.45, 7) is 10.2. The lowest BCUT2D eigenvalue weighted by atomic mass is 10.1. The molecule has 0 heterocycles.